The van der Waals surface area contributed by atoms with Gasteiger partial charge in [0.05, 0.1) is 12.8 Å². The molecule has 0 atom stereocenters. The highest BCUT2D eigenvalue weighted by molar-refractivity contribution is 5.92. The van der Waals surface area contributed by atoms with Crippen molar-refractivity contribution < 1.29 is 14.3 Å². The first kappa shape index (κ1) is 16.9. The van der Waals surface area contributed by atoms with Crippen LogP contribution in [0.4, 0.5) is 0 Å². The van der Waals surface area contributed by atoms with E-state index in [2.05, 4.69) is 10.2 Å². The van der Waals surface area contributed by atoms with Crippen LogP contribution in [0.3, 0.4) is 0 Å². The van der Waals surface area contributed by atoms with E-state index in [9.17, 15) is 4.79 Å². The summed E-state index contributed by atoms with van der Waals surface area (Å²) in [5.41, 5.74) is 1.14. The number of nitrogens with one attached hydrogen (secondary N) is 1. The van der Waals surface area contributed by atoms with Crippen LogP contribution in [0, 0.1) is 0 Å². The fourth-order valence-electron chi connectivity index (χ4n) is 2.33. The monoisotopic (exact) mass is 317 g/mol. The van der Waals surface area contributed by atoms with E-state index in [0.717, 1.165) is 5.69 Å². The zero-order valence-electron chi connectivity index (χ0n) is 14.0. The van der Waals surface area contributed by atoms with Crippen LogP contribution in [0.5, 0.6) is 11.5 Å². The topological polar surface area (TPSA) is 67.5 Å². The second-order valence-corrected chi connectivity index (χ2v) is 5.40. The van der Waals surface area contributed by atoms with E-state index in [1.165, 1.54) is 0 Å². The Morgan fingerprint density at radius 1 is 1.30 bits per heavy atom. The molecular formula is C17H23N3O3. The first-order chi connectivity index (χ1) is 11.1. The Hall–Kier alpha value is -2.50. The predicted octanol–water partition coefficient (Wildman–Crippen LogP) is 2.87. The third kappa shape index (κ3) is 4.03. The lowest BCUT2D eigenvalue weighted by molar-refractivity contribution is 0.0711. The second kappa shape index (κ2) is 7.67. The molecule has 1 aromatic carbocycles. The molecule has 1 N–H and O–H groups in total. The zero-order valence-corrected chi connectivity index (χ0v) is 14.0. The maximum Gasteiger partial charge on any atom is 0.274 e. The molecule has 23 heavy (non-hydrogen) atoms. The lowest BCUT2D eigenvalue weighted by atomic mass is 10.2. The molecule has 0 unspecified atom stereocenters. The van der Waals surface area contributed by atoms with Crippen LogP contribution in [0.2, 0.25) is 0 Å². The molecule has 1 heterocycles. The SMILES string of the molecule is CCN(C(=O)c1cc(COc2ccccc2OC)[nH]n1)C(C)C. The number of rotatable bonds is 7. The largest absolute Gasteiger partial charge is 0.493 e. The van der Waals surface area contributed by atoms with Gasteiger partial charge in [-0.15, -0.1) is 0 Å². The van der Waals surface area contributed by atoms with Gasteiger partial charge >= 0.3 is 0 Å². The fourth-order valence-corrected chi connectivity index (χ4v) is 2.33. The van der Waals surface area contributed by atoms with Crippen LogP contribution in [0.1, 0.15) is 37.0 Å². The molecule has 6 nitrogen and oxygen atoms in total. The number of ether oxygens (including phenoxy) is 2. The molecule has 1 amide bonds. The van der Waals surface area contributed by atoms with Gasteiger partial charge in [-0.3, -0.25) is 9.89 Å². The first-order valence-corrected chi connectivity index (χ1v) is 7.67. The highest BCUT2D eigenvalue weighted by Crippen LogP contribution is 2.26. The van der Waals surface area contributed by atoms with Gasteiger partial charge in [-0.05, 0) is 39.0 Å². The molecule has 0 fully saturated rings. The molecule has 0 saturated carbocycles. The van der Waals surface area contributed by atoms with E-state index < -0.39 is 0 Å². The summed E-state index contributed by atoms with van der Waals surface area (Å²) < 4.78 is 11.0. The molecule has 124 valence electrons. The summed E-state index contributed by atoms with van der Waals surface area (Å²) in [4.78, 5) is 14.2. The van der Waals surface area contributed by atoms with E-state index in [1.54, 1.807) is 18.1 Å². The van der Waals surface area contributed by atoms with Crippen LogP contribution in [0.25, 0.3) is 0 Å². The standard InChI is InChI=1S/C17H23N3O3/c1-5-20(12(2)3)17(21)14-10-13(18-19-14)11-23-16-9-7-6-8-15(16)22-4/h6-10,12H,5,11H2,1-4H3,(H,18,19). The molecule has 0 saturated heterocycles. The number of para-hydroxylation sites is 2. The van der Waals surface area contributed by atoms with Crippen molar-refractivity contribution in [3.8, 4) is 11.5 Å². The number of carbonyl (C=O) groups is 1. The number of carbonyl (C=O) groups excluding carboxylic acids is 1. The molecule has 0 aliphatic heterocycles. The highest BCUT2D eigenvalue weighted by Gasteiger charge is 2.19. The van der Waals surface area contributed by atoms with E-state index in [4.69, 9.17) is 9.47 Å². The first-order valence-electron chi connectivity index (χ1n) is 7.67. The Bertz CT molecular complexity index is 652. The van der Waals surface area contributed by atoms with Crippen LogP contribution in [-0.4, -0.2) is 40.7 Å². The number of hydrogen-bond donors (Lipinski definition) is 1. The number of aromatic nitrogens is 2. The van der Waals surface area contributed by atoms with Gasteiger partial charge in [0.15, 0.2) is 17.2 Å². The van der Waals surface area contributed by atoms with Crippen molar-refractivity contribution in [3.63, 3.8) is 0 Å². The number of benzene rings is 1. The quantitative estimate of drug-likeness (QED) is 0.852. The van der Waals surface area contributed by atoms with Gasteiger partial charge in [0.1, 0.15) is 6.61 Å². The number of methoxy groups -OCH3 is 1. The van der Waals surface area contributed by atoms with E-state index >= 15 is 0 Å². The smallest absolute Gasteiger partial charge is 0.274 e. The summed E-state index contributed by atoms with van der Waals surface area (Å²) >= 11 is 0. The minimum absolute atomic E-state index is 0.0812. The number of hydrogen-bond acceptors (Lipinski definition) is 4. The Balaban J connectivity index is 2.04. The van der Waals surface area contributed by atoms with Gasteiger partial charge in [0, 0.05) is 12.6 Å². The van der Waals surface area contributed by atoms with Crippen molar-refractivity contribution in [2.45, 2.75) is 33.4 Å². The average Bonchev–Trinajstić information content (AvgIpc) is 3.02. The number of amides is 1. The summed E-state index contributed by atoms with van der Waals surface area (Å²) in [6.45, 7) is 6.86. The predicted molar refractivity (Wildman–Crippen MR) is 87.8 cm³/mol. The van der Waals surface area contributed by atoms with Crippen LogP contribution >= 0.6 is 0 Å². The maximum absolute atomic E-state index is 12.4. The van der Waals surface area contributed by atoms with Crippen LogP contribution in [0.15, 0.2) is 30.3 Å². The minimum Gasteiger partial charge on any atom is -0.493 e. The Kier molecular flexibility index (Phi) is 5.62. The van der Waals surface area contributed by atoms with Crippen molar-refractivity contribution >= 4 is 5.91 Å². The van der Waals surface area contributed by atoms with Gasteiger partial charge in [-0.25, -0.2) is 0 Å². The van der Waals surface area contributed by atoms with Gasteiger partial charge < -0.3 is 14.4 Å². The maximum atomic E-state index is 12.4. The minimum atomic E-state index is -0.0812. The summed E-state index contributed by atoms with van der Waals surface area (Å²) in [5.74, 6) is 1.23. The molecular weight excluding hydrogens is 294 g/mol. The molecule has 0 aliphatic carbocycles. The van der Waals surface area contributed by atoms with Crippen LogP contribution in [-0.2, 0) is 6.61 Å². The second-order valence-electron chi connectivity index (χ2n) is 5.40. The van der Waals surface area contributed by atoms with Gasteiger partial charge in [-0.1, -0.05) is 12.1 Å². The average molecular weight is 317 g/mol. The number of nitrogens with zero attached hydrogens (tertiary/aromatic N) is 2. The van der Waals surface area contributed by atoms with Gasteiger partial charge in [0.2, 0.25) is 0 Å². The normalized spacial score (nSPS) is 10.7. The molecule has 0 radical (unpaired) electrons. The molecule has 2 aromatic rings. The number of H-pyrrole nitrogens is 1. The van der Waals surface area contributed by atoms with Crippen molar-refractivity contribution in [1.29, 1.82) is 0 Å². The van der Waals surface area contributed by atoms with E-state index in [0.29, 0.717) is 23.7 Å². The van der Waals surface area contributed by atoms with Crippen LogP contribution < -0.4 is 9.47 Å². The summed E-state index contributed by atoms with van der Waals surface area (Å²) in [5, 5.41) is 6.94. The molecule has 0 aliphatic rings. The van der Waals surface area contributed by atoms with Crippen molar-refractivity contribution in [3.05, 3.63) is 41.7 Å². The van der Waals surface area contributed by atoms with Gasteiger partial charge in [-0.2, -0.15) is 5.10 Å². The molecule has 0 bridgehead atoms. The molecule has 1 aromatic heterocycles. The molecule has 2 rings (SSSR count). The fraction of sp³-hybridized carbons (Fsp3) is 0.412. The van der Waals surface area contributed by atoms with Crippen molar-refractivity contribution in [1.82, 2.24) is 15.1 Å². The lowest BCUT2D eigenvalue weighted by Gasteiger charge is -2.23. The third-order valence-corrected chi connectivity index (χ3v) is 3.53. The number of aromatic amines is 1. The van der Waals surface area contributed by atoms with E-state index in [-0.39, 0.29) is 18.6 Å². The molecule has 6 heteroatoms. The van der Waals surface area contributed by atoms with Crippen molar-refractivity contribution in [2.75, 3.05) is 13.7 Å². The Labute approximate surface area is 136 Å². The summed E-state index contributed by atoms with van der Waals surface area (Å²) in [6.07, 6.45) is 0. The Morgan fingerprint density at radius 3 is 2.61 bits per heavy atom. The summed E-state index contributed by atoms with van der Waals surface area (Å²) in [7, 11) is 1.60. The van der Waals surface area contributed by atoms with E-state index in [1.807, 2.05) is 45.0 Å². The highest BCUT2D eigenvalue weighted by atomic mass is 16.5. The zero-order chi connectivity index (χ0) is 16.8. The lowest BCUT2D eigenvalue weighted by Crippen LogP contribution is -2.36. The van der Waals surface area contributed by atoms with Gasteiger partial charge in [0.25, 0.3) is 5.91 Å². The third-order valence-electron chi connectivity index (χ3n) is 3.53. The van der Waals surface area contributed by atoms with Crippen molar-refractivity contribution in [2.24, 2.45) is 0 Å². The molecule has 0 spiro atoms. The Morgan fingerprint density at radius 2 is 2.00 bits per heavy atom. The summed E-state index contributed by atoms with van der Waals surface area (Å²) in [6, 6.07) is 9.28.